The van der Waals surface area contributed by atoms with Crippen LogP contribution in [-0.2, 0) is 0 Å². The Morgan fingerprint density at radius 1 is 1.16 bits per heavy atom. The lowest BCUT2D eigenvalue weighted by molar-refractivity contribution is 0.351. The van der Waals surface area contributed by atoms with Crippen LogP contribution in [-0.4, -0.2) is 36.5 Å². The van der Waals surface area contributed by atoms with Gasteiger partial charge in [0.1, 0.15) is 0 Å². The third kappa shape index (κ3) is 2.89. The standard InChI is InChI=1S/C20H23NO2S.ClH/c1-13-10-16-15(14-7-8-17(22-2)18(11-14)23-3)12-21-19-6-4-5-9-20(16,19)24-13;/h4-9,11,13,15-16H,10,12H2,1-3H3;1H. The Kier molecular flexibility index (Phi) is 5.21. The van der Waals surface area contributed by atoms with Crippen LogP contribution >= 0.6 is 24.2 Å². The van der Waals surface area contributed by atoms with Crippen molar-refractivity contribution in [3.8, 4) is 11.5 Å². The maximum absolute atomic E-state index is 5.51. The highest BCUT2D eigenvalue weighted by atomic mass is 35.5. The first-order valence-corrected chi connectivity index (χ1v) is 9.36. The predicted octanol–water partition coefficient (Wildman–Crippen LogP) is 4.67. The molecule has 0 N–H and O–H groups in total. The molecule has 4 rings (SSSR count). The van der Waals surface area contributed by atoms with Gasteiger partial charge in [0.15, 0.2) is 11.5 Å². The normalized spacial score (nSPS) is 32.3. The fourth-order valence-corrected chi connectivity index (χ4v) is 6.17. The minimum absolute atomic E-state index is 0. The van der Waals surface area contributed by atoms with Crippen LogP contribution in [0.25, 0.3) is 0 Å². The third-order valence-electron chi connectivity index (χ3n) is 5.42. The smallest absolute Gasteiger partial charge is 0.160 e. The lowest BCUT2D eigenvalue weighted by Gasteiger charge is -2.41. The van der Waals surface area contributed by atoms with Crippen LogP contribution in [0.15, 0.2) is 47.5 Å². The number of methoxy groups -OCH3 is 2. The molecule has 134 valence electrons. The van der Waals surface area contributed by atoms with Gasteiger partial charge >= 0.3 is 0 Å². The maximum atomic E-state index is 5.51. The van der Waals surface area contributed by atoms with Crippen LogP contribution in [0.4, 0.5) is 0 Å². The molecule has 0 saturated carbocycles. The molecule has 1 aromatic rings. The molecular weight excluding hydrogens is 354 g/mol. The first kappa shape index (κ1) is 18.4. The first-order chi connectivity index (χ1) is 11.7. The van der Waals surface area contributed by atoms with Crippen molar-refractivity contribution in [1.29, 1.82) is 0 Å². The predicted molar refractivity (Wildman–Crippen MR) is 108 cm³/mol. The van der Waals surface area contributed by atoms with Crippen molar-refractivity contribution in [2.75, 3.05) is 20.8 Å². The molecule has 0 bridgehead atoms. The lowest BCUT2D eigenvalue weighted by Crippen LogP contribution is -2.44. The van der Waals surface area contributed by atoms with Gasteiger partial charge in [-0.15, -0.1) is 24.2 Å². The number of nitrogens with zero attached hydrogens (tertiary/aromatic N) is 1. The van der Waals surface area contributed by atoms with Gasteiger partial charge in [-0.3, -0.25) is 4.99 Å². The van der Waals surface area contributed by atoms with E-state index in [1.807, 2.05) is 6.07 Å². The van der Waals surface area contributed by atoms with Crippen molar-refractivity contribution < 1.29 is 9.47 Å². The fraction of sp³-hybridized carbons (Fsp3) is 0.450. The van der Waals surface area contributed by atoms with Gasteiger partial charge in [-0.05, 0) is 36.1 Å². The Bertz CT molecular complexity index is 745. The Labute approximate surface area is 160 Å². The van der Waals surface area contributed by atoms with E-state index in [0.717, 1.165) is 18.0 Å². The van der Waals surface area contributed by atoms with Gasteiger partial charge in [0.2, 0.25) is 0 Å². The number of rotatable bonds is 3. The van der Waals surface area contributed by atoms with Crippen molar-refractivity contribution in [3.05, 3.63) is 48.1 Å². The molecule has 0 radical (unpaired) electrons. The Balaban J connectivity index is 0.00000182. The van der Waals surface area contributed by atoms with Crippen LogP contribution in [0.3, 0.4) is 0 Å². The minimum atomic E-state index is 0. The molecule has 1 aliphatic carbocycles. The van der Waals surface area contributed by atoms with Gasteiger partial charge in [-0.25, -0.2) is 0 Å². The summed E-state index contributed by atoms with van der Waals surface area (Å²) in [6.45, 7) is 3.19. The Morgan fingerprint density at radius 3 is 2.72 bits per heavy atom. The zero-order valence-corrected chi connectivity index (χ0v) is 16.4. The van der Waals surface area contributed by atoms with E-state index in [4.69, 9.17) is 14.5 Å². The quantitative estimate of drug-likeness (QED) is 0.766. The fourth-order valence-electron chi connectivity index (χ4n) is 4.36. The second-order valence-corrected chi connectivity index (χ2v) is 8.44. The summed E-state index contributed by atoms with van der Waals surface area (Å²) >= 11 is 2.07. The van der Waals surface area contributed by atoms with Crippen LogP contribution in [0.1, 0.15) is 24.8 Å². The highest BCUT2D eigenvalue weighted by Crippen LogP contribution is 2.57. The van der Waals surface area contributed by atoms with Crippen molar-refractivity contribution in [2.24, 2.45) is 10.9 Å². The van der Waals surface area contributed by atoms with Crippen molar-refractivity contribution in [2.45, 2.75) is 29.3 Å². The minimum Gasteiger partial charge on any atom is -0.493 e. The van der Waals surface area contributed by atoms with Crippen LogP contribution in [0.5, 0.6) is 11.5 Å². The molecular formula is C20H24ClNO2S. The van der Waals surface area contributed by atoms with Gasteiger partial charge in [-0.2, -0.15) is 0 Å². The Morgan fingerprint density at radius 2 is 1.96 bits per heavy atom. The number of hydrogen-bond acceptors (Lipinski definition) is 4. The summed E-state index contributed by atoms with van der Waals surface area (Å²) in [6, 6.07) is 6.33. The second-order valence-electron chi connectivity index (χ2n) is 6.73. The van der Waals surface area contributed by atoms with E-state index in [0.29, 0.717) is 17.1 Å². The summed E-state index contributed by atoms with van der Waals surface area (Å²) in [4.78, 5) is 4.96. The molecule has 1 fully saturated rings. The van der Waals surface area contributed by atoms with E-state index < -0.39 is 0 Å². The zero-order chi connectivity index (χ0) is 16.7. The van der Waals surface area contributed by atoms with Gasteiger partial charge in [0.05, 0.1) is 24.7 Å². The zero-order valence-electron chi connectivity index (χ0n) is 14.8. The van der Waals surface area contributed by atoms with E-state index in [1.165, 1.54) is 17.7 Å². The third-order valence-corrected chi connectivity index (χ3v) is 7.05. The average Bonchev–Trinajstić information content (AvgIpc) is 2.95. The molecule has 4 unspecified atom stereocenters. The number of benzene rings is 1. The largest absolute Gasteiger partial charge is 0.493 e. The van der Waals surface area contributed by atoms with Crippen molar-refractivity contribution >= 4 is 29.9 Å². The van der Waals surface area contributed by atoms with Gasteiger partial charge < -0.3 is 9.47 Å². The molecule has 0 aromatic heterocycles. The summed E-state index contributed by atoms with van der Waals surface area (Å²) in [7, 11) is 3.38. The van der Waals surface area contributed by atoms with Gasteiger partial charge in [-0.1, -0.05) is 31.2 Å². The van der Waals surface area contributed by atoms with Crippen molar-refractivity contribution in [1.82, 2.24) is 0 Å². The number of allylic oxidation sites excluding steroid dienone is 3. The molecule has 2 heterocycles. The number of halogens is 1. The van der Waals surface area contributed by atoms with Crippen LogP contribution < -0.4 is 9.47 Å². The van der Waals surface area contributed by atoms with E-state index in [-0.39, 0.29) is 17.2 Å². The Hall–Kier alpha value is -1.39. The van der Waals surface area contributed by atoms with Crippen LogP contribution in [0, 0.1) is 5.92 Å². The summed E-state index contributed by atoms with van der Waals surface area (Å²) in [5, 5.41) is 0.650. The van der Waals surface area contributed by atoms with E-state index in [2.05, 4.69) is 55.1 Å². The first-order valence-electron chi connectivity index (χ1n) is 8.48. The monoisotopic (exact) mass is 377 g/mol. The van der Waals surface area contributed by atoms with Gasteiger partial charge in [0, 0.05) is 17.7 Å². The number of hydrogen-bond donors (Lipinski definition) is 0. The summed E-state index contributed by atoms with van der Waals surface area (Å²) in [5.41, 5.74) is 2.55. The lowest BCUT2D eigenvalue weighted by atomic mass is 9.70. The second kappa shape index (κ2) is 7.08. The molecule has 3 aliphatic rings. The maximum Gasteiger partial charge on any atom is 0.160 e. The molecule has 1 aromatic carbocycles. The molecule has 3 nitrogen and oxygen atoms in total. The summed E-state index contributed by atoms with van der Waals surface area (Å²) < 4.78 is 10.9. The van der Waals surface area contributed by atoms with E-state index in [1.54, 1.807) is 14.2 Å². The van der Waals surface area contributed by atoms with Crippen molar-refractivity contribution in [3.63, 3.8) is 0 Å². The molecule has 1 saturated heterocycles. The molecule has 5 heteroatoms. The number of thioether (sulfide) groups is 1. The molecule has 0 amide bonds. The summed E-state index contributed by atoms with van der Waals surface area (Å²) in [5.74, 6) is 2.58. The SMILES string of the molecule is COc1ccc(C2CN=C3C=CC=CC34SC(C)CC24)cc1OC.Cl. The average molecular weight is 378 g/mol. The van der Waals surface area contributed by atoms with Crippen LogP contribution in [0.2, 0.25) is 0 Å². The highest BCUT2D eigenvalue weighted by Gasteiger charge is 2.53. The molecule has 1 spiro atoms. The number of aliphatic imine (C=N–C) groups is 1. The number of ether oxygens (including phenoxy) is 2. The topological polar surface area (TPSA) is 30.8 Å². The summed E-state index contributed by atoms with van der Waals surface area (Å²) in [6.07, 6.45) is 10.1. The molecule has 25 heavy (non-hydrogen) atoms. The van der Waals surface area contributed by atoms with E-state index >= 15 is 0 Å². The van der Waals surface area contributed by atoms with E-state index in [9.17, 15) is 0 Å². The highest BCUT2D eigenvalue weighted by molar-refractivity contribution is 8.02. The molecule has 2 aliphatic heterocycles. The molecule has 4 atom stereocenters. The van der Waals surface area contributed by atoms with Gasteiger partial charge in [0.25, 0.3) is 0 Å².